The maximum atomic E-state index is 11.7. The summed E-state index contributed by atoms with van der Waals surface area (Å²) in [6.45, 7) is 2.65. The lowest BCUT2D eigenvalue weighted by atomic mass is 10.3. The Bertz CT molecular complexity index is 424. The SMILES string of the molecule is CCOC(=O)c1nc(SC)nc2c1NCN2. The Morgan fingerprint density at radius 1 is 1.50 bits per heavy atom. The van der Waals surface area contributed by atoms with Gasteiger partial charge in [-0.15, -0.1) is 0 Å². The molecule has 2 heterocycles. The maximum Gasteiger partial charge on any atom is 0.359 e. The molecule has 1 aromatic heterocycles. The second-order valence-corrected chi connectivity index (χ2v) is 3.81. The van der Waals surface area contributed by atoms with Gasteiger partial charge in [-0.3, -0.25) is 0 Å². The first-order chi connectivity index (χ1) is 7.76. The number of rotatable bonds is 3. The average molecular weight is 240 g/mol. The zero-order valence-electron chi connectivity index (χ0n) is 9.03. The Morgan fingerprint density at radius 3 is 3.00 bits per heavy atom. The third-order valence-corrected chi connectivity index (χ3v) is 2.61. The summed E-state index contributed by atoms with van der Waals surface area (Å²) in [5.74, 6) is 0.232. The molecule has 0 amide bonds. The molecule has 1 aliphatic heterocycles. The van der Waals surface area contributed by atoms with Crippen LogP contribution in [-0.4, -0.2) is 35.5 Å². The zero-order valence-corrected chi connectivity index (χ0v) is 9.85. The molecule has 0 saturated heterocycles. The third kappa shape index (κ3) is 1.90. The minimum absolute atomic E-state index is 0.293. The molecule has 7 heteroatoms. The highest BCUT2D eigenvalue weighted by Crippen LogP contribution is 2.29. The molecular formula is C9H12N4O2S. The van der Waals surface area contributed by atoms with Crippen LogP contribution in [0.15, 0.2) is 5.16 Å². The number of ether oxygens (including phenoxy) is 1. The van der Waals surface area contributed by atoms with Gasteiger partial charge in [-0.05, 0) is 13.2 Å². The molecule has 0 unspecified atom stereocenters. The van der Waals surface area contributed by atoms with E-state index in [1.165, 1.54) is 11.8 Å². The van der Waals surface area contributed by atoms with E-state index in [0.717, 1.165) is 0 Å². The first kappa shape index (κ1) is 11.0. The van der Waals surface area contributed by atoms with Crippen molar-refractivity contribution in [3.05, 3.63) is 5.69 Å². The number of fused-ring (bicyclic) bond motifs is 1. The van der Waals surface area contributed by atoms with Gasteiger partial charge < -0.3 is 15.4 Å². The molecule has 0 fully saturated rings. The maximum absolute atomic E-state index is 11.7. The third-order valence-electron chi connectivity index (χ3n) is 2.06. The largest absolute Gasteiger partial charge is 0.461 e. The van der Waals surface area contributed by atoms with Crippen molar-refractivity contribution in [3.8, 4) is 0 Å². The quantitative estimate of drug-likeness (QED) is 0.466. The Kier molecular flexibility index (Phi) is 3.14. The number of esters is 1. The van der Waals surface area contributed by atoms with Crippen LogP contribution in [0.4, 0.5) is 11.5 Å². The minimum Gasteiger partial charge on any atom is -0.461 e. The van der Waals surface area contributed by atoms with Gasteiger partial charge in [0.25, 0.3) is 0 Å². The van der Waals surface area contributed by atoms with E-state index in [1.54, 1.807) is 6.92 Å². The number of thioether (sulfide) groups is 1. The van der Waals surface area contributed by atoms with Crippen LogP contribution in [0.1, 0.15) is 17.4 Å². The van der Waals surface area contributed by atoms with Gasteiger partial charge in [0.1, 0.15) is 5.69 Å². The van der Waals surface area contributed by atoms with E-state index in [4.69, 9.17) is 4.74 Å². The molecule has 86 valence electrons. The fraction of sp³-hybridized carbons (Fsp3) is 0.444. The second-order valence-electron chi connectivity index (χ2n) is 3.03. The van der Waals surface area contributed by atoms with Crippen LogP contribution in [-0.2, 0) is 4.74 Å². The zero-order chi connectivity index (χ0) is 11.5. The van der Waals surface area contributed by atoms with E-state index in [0.29, 0.717) is 35.6 Å². The number of nitrogens with zero attached hydrogens (tertiary/aromatic N) is 2. The van der Waals surface area contributed by atoms with Crippen LogP contribution in [0.25, 0.3) is 0 Å². The Labute approximate surface area is 97.2 Å². The molecule has 0 radical (unpaired) electrons. The molecule has 0 saturated carbocycles. The number of hydrogen-bond donors (Lipinski definition) is 2. The highest BCUT2D eigenvalue weighted by Gasteiger charge is 2.23. The Morgan fingerprint density at radius 2 is 2.31 bits per heavy atom. The summed E-state index contributed by atoms with van der Waals surface area (Å²) < 4.78 is 4.95. The topological polar surface area (TPSA) is 76.1 Å². The van der Waals surface area contributed by atoms with E-state index in [-0.39, 0.29) is 0 Å². The van der Waals surface area contributed by atoms with Crippen molar-refractivity contribution >= 4 is 29.2 Å². The summed E-state index contributed by atoms with van der Waals surface area (Å²) in [6, 6.07) is 0. The van der Waals surface area contributed by atoms with Crippen molar-refractivity contribution in [2.75, 3.05) is 30.2 Å². The Hall–Kier alpha value is -1.50. The van der Waals surface area contributed by atoms with E-state index in [2.05, 4.69) is 20.6 Å². The van der Waals surface area contributed by atoms with E-state index < -0.39 is 5.97 Å². The summed E-state index contributed by atoms with van der Waals surface area (Å²) in [7, 11) is 0. The number of anilines is 2. The van der Waals surface area contributed by atoms with Gasteiger partial charge >= 0.3 is 5.97 Å². The van der Waals surface area contributed by atoms with Gasteiger partial charge in [-0.1, -0.05) is 11.8 Å². The lowest BCUT2D eigenvalue weighted by molar-refractivity contribution is 0.0519. The van der Waals surface area contributed by atoms with E-state index in [1.807, 2.05) is 6.26 Å². The van der Waals surface area contributed by atoms with E-state index >= 15 is 0 Å². The molecule has 2 rings (SSSR count). The molecule has 0 spiro atoms. The number of carbonyl (C=O) groups excluding carboxylic acids is 1. The Balaban J connectivity index is 2.42. The van der Waals surface area contributed by atoms with Gasteiger partial charge in [-0.2, -0.15) is 0 Å². The summed E-state index contributed by atoms with van der Waals surface area (Å²) in [6.07, 6.45) is 1.86. The van der Waals surface area contributed by atoms with Crippen LogP contribution in [0.5, 0.6) is 0 Å². The molecule has 16 heavy (non-hydrogen) atoms. The van der Waals surface area contributed by atoms with Gasteiger partial charge in [0, 0.05) is 0 Å². The van der Waals surface area contributed by atoms with Crippen LogP contribution in [0.3, 0.4) is 0 Å². The summed E-state index contributed by atoms with van der Waals surface area (Å²) in [5.41, 5.74) is 0.914. The van der Waals surface area contributed by atoms with Gasteiger partial charge in [0.15, 0.2) is 16.7 Å². The molecule has 0 bridgehead atoms. The fourth-order valence-corrected chi connectivity index (χ4v) is 1.76. The molecule has 1 aliphatic rings. The van der Waals surface area contributed by atoms with Gasteiger partial charge in [-0.25, -0.2) is 14.8 Å². The molecule has 0 aliphatic carbocycles. The molecule has 1 aromatic rings. The average Bonchev–Trinajstić information content (AvgIpc) is 2.75. The minimum atomic E-state index is -0.423. The summed E-state index contributed by atoms with van der Waals surface area (Å²) in [4.78, 5) is 20.1. The van der Waals surface area contributed by atoms with Gasteiger partial charge in [0.05, 0.1) is 13.3 Å². The monoisotopic (exact) mass is 240 g/mol. The first-order valence-corrected chi connectivity index (χ1v) is 6.09. The van der Waals surface area contributed by atoms with E-state index in [9.17, 15) is 4.79 Å². The number of aromatic nitrogens is 2. The highest BCUT2D eigenvalue weighted by molar-refractivity contribution is 7.98. The number of carbonyl (C=O) groups is 1. The highest BCUT2D eigenvalue weighted by atomic mass is 32.2. The predicted molar refractivity (Wildman–Crippen MR) is 61.9 cm³/mol. The van der Waals surface area contributed by atoms with Crippen molar-refractivity contribution in [3.63, 3.8) is 0 Å². The first-order valence-electron chi connectivity index (χ1n) is 4.87. The van der Waals surface area contributed by atoms with Crippen molar-refractivity contribution in [1.29, 1.82) is 0 Å². The van der Waals surface area contributed by atoms with Crippen LogP contribution >= 0.6 is 11.8 Å². The van der Waals surface area contributed by atoms with Crippen molar-refractivity contribution in [2.24, 2.45) is 0 Å². The normalized spacial score (nSPS) is 12.6. The number of hydrogen-bond acceptors (Lipinski definition) is 7. The lowest BCUT2D eigenvalue weighted by Crippen LogP contribution is -2.11. The van der Waals surface area contributed by atoms with Crippen molar-refractivity contribution in [1.82, 2.24) is 9.97 Å². The van der Waals surface area contributed by atoms with Crippen molar-refractivity contribution in [2.45, 2.75) is 12.1 Å². The lowest BCUT2D eigenvalue weighted by Gasteiger charge is -2.07. The molecule has 0 atom stereocenters. The summed E-state index contributed by atoms with van der Waals surface area (Å²) >= 11 is 1.39. The van der Waals surface area contributed by atoms with Crippen LogP contribution in [0, 0.1) is 0 Å². The van der Waals surface area contributed by atoms with Crippen molar-refractivity contribution < 1.29 is 9.53 Å². The fourth-order valence-electron chi connectivity index (χ4n) is 1.39. The number of nitrogens with one attached hydrogen (secondary N) is 2. The standard InChI is InChI=1S/C9H12N4O2S/c1-3-15-8(14)6-5-7(11-4-10-5)13-9(12-6)16-2/h10H,3-4H2,1-2H3,(H,11,12,13). The molecule has 0 aromatic carbocycles. The predicted octanol–water partition coefficient (Wildman–Crippen LogP) is 1.17. The van der Waals surface area contributed by atoms with Crippen LogP contribution < -0.4 is 10.6 Å². The van der Waals surface area contributed by atoms with Gasteiger partial charge in [0.2, 0.25) is 0 Å². The molecule has 6 nitrogen and oxygen atoms in total. The summed E-state index contributed by atoms with van der Waals surface area (Å²) in [5, 5.41) is 6.60. The molecular weight excluding hydrogens is 228 g/mol. The second kappa shape index (κ2) is 4.56. The smallest absolute Gasteiger partial charge is 0.359 e. The van der Waals surface area contributed by atoms with Crippen LogP contribution in [0.2, 0.25) is 0 Å². The molecule has 2 N–H and O–H groups in total.